The summed E-state index contributed by atoms with van der Waals surface area (Å²) in [6.45, 7) is 3.61. The maximum Gasteiger partial charge on any atom is 0.274 e. The van der Waals surface area contributed by atoms with Gasteiger partial charge in [-0.15, -0.1) is 0 Å². The van der Waals surface area contributed by atoms with Gasteiger partial charge in [0.05, 0.1) is 16.8 Å². The number of rotatable bonds is 5. The third-order valence-electron chi connectivity index (χ3n) is 5.50. The summed E-state index contributed by atoms with van der Waals surface area (Å²) in [6, 6.07) is 3.09. The van der Waals surface area contributed by atoms with Crippen molar-refractivity contribution in [1.82, 2.24) is 19.2 Å². The lowest BCUT2D eigenvalue weighted by Gasteiger charge is -2.25. The first-order chi connectivity index (χ1) is 13.4. The van der Waals surface area contributed by atoms with Crippen molar-refractivity contribution in [3.8, 4) is 0 Å². The summed E-state index contributed by atoms with van der Waals surface area (Å²) in [5.74, 6) is -0.470. The average Bonchev–Trinajstić information content (AvgIpc) is 2.98. The molecule has 0 radical (unpaired) electrons. The molecule has 1 fully saturated rings. The molecule has 8 heteroatoms. The second-order valence-corrected chi connectivity index (χ2v) is 7.97. The van der Waals surface area contributed by atoms with E-state index in [1.54, 1.807) is 25.3 Å². The Labute approximate surface area is 170 Å². The Hall–Kier alpha value is -2.12. The summed E-state index contributed by atoms with van der Waals surface area (Å²) in [7, 11) is 1.81. The Bertz CT molecular complexity index is 858. The normalized spacial score (nSPS) is 16.8. The van der Waals surface area contributed by atoms with Gasteiger partial charge in [0.25, 0.3) is 5.91 Å². The van der Waals surface area contributed by atoms with Gasteiger partial charge in [0.2, 0.25) is 5.91 Å². The Morgan fingerprint density at radius 2 is 1.86 bits per heavy atom. The highest BCUT2D eigenvalue weighted by Crippen LogP contribution is 2.21. The molecule has 1 atom stereocenters. The number of hydrogen-bond donors (Lipinski definition) is 1. The second-order valence-electron chi connectivity index (χ2n) is 7.54. The molecule has 2 aromatic heterocycles. The molecule has 2 N–H and O–H groups in total. The molecule has 0 spiro atoms. The lowest BCUT2D eigenvalue weighted by molar-refractivity contribution is -0.122. The zero-order valence-electron chi connectivity index (χ0n) is 16.5. The van der Waals surface area contributed by atoms with Gasteiger partial charge in [0, 0.05) is 25.8 Å². The summed E-state index contributed by atoms with van der Waals surface area (Å²) in [4.78, 5) is 33.3. The van der Waals surface area contributed by atoms with Crippen molar-refractivity contribution in [3.05, 3.63) is 34.7 Å². The molecular weight excluding hydrogens is 378 g/mol. The summed E-state index contributed by atoms with van der Waals surface area (Å²) < 4.78 is 1.84. The number of nitrogens with zero attached hydrogens (tertiary/aromatic N) is 4. The molecule has 152 valence electrons. The van der Waals surface area contributed by atoms with Gasteiger partial charge < -0.3 is 15.0 Å². The number of carbonyl (C=O) groups excluding carboxylic acids is 2. The van der Waals surface area contributed by atoms with E-state index in [2.05, 4.69) is 4.98 Å². The van der Waals surface area contributed by atoms with Crippen LogP contribution in [0.3, 0.4) is 0 Å². The second kappa shape index (κ2) is 8.92. The monoisotopic (exact) mass is 405 g/mol. The number of likely N-dealkylation sites (tertiary alicyclic amines) is 1. The Balaban J connectivity index is 1.98. The third-order valence-corrected chi connectivity index (χ3v) is 5.72. The van der Waals surface area contributed by atoms with Gasteiger partial charge in [0.1, 0.15) is 5.65 Å². The van der Waals surface area contributed by atoms with Gasteiger partial charge >= 0.3 is 0 Å². The lowest BCUT2D eigenvalue weighted by Crippen LogP contribution is -2.40. The van der Waals surface area contributed by atoms with Crippen LogP contribution >= 0.6 is 11.6 Å². The number of aromatic nitrogens is 2. The van der Waals surface area contributed by atoms with Crippen molar-refractivity contribution in [2.24, 2.45) is 5.73 Å². The zero-order valence-corrected chi connectivity index (χ0v) is 17.3. The number of likely N-dealkylation sites (N-methyl/N-ethyl adjacent to an activating group) is 1. The molecule has 7 nitrogen and oxygen atoms in total. The average molecular weight is 406 g/mol. The third kappa shape index (κ3) is 4.47. The molecule has 0 saturated carbocycles. The van der Waals surface area contributed by atoms with Crippen LogP contribution in [0.2, 0.25) is 5.02 Å². The highest BCUT2D eigenvalue weighted by molar-refractivity contribution is 6.30. The zero-order chi connectivity index (χ0) is 20.3. The van der Waals surface area contributed by atoms with E-state index in [0.717, 1.165) is 44.5 Å². The van der Waals surface area contributed by atoms with Crippen molar-refractivity contribution >= 4 is 29.1 Å². The van der Waals surface area contributed by atoms with E-state index in [-0.39, 0.29) is 5.91 Å². The predicted octanol–water partition coefficient (Wildman–Crippen LogP) is 2.70. The van der Waals surface area contributed by atoms with Crippen molar-refractivity contribution in [1.29, 1.82) is 0 Å². The predicted molar refractivity (Wildman–Crippen MR) is 109 cm³/mol. The van der Waals surface area contributed by atoms with Crippen LogP contribution in [0.1, 0.15) is 55.2 Å². The van der Waals surface area contributed by atoms with Gasteiger partial charge in [-0.25, -0.2) is 4.98 Å². The molecule has 0 bridgehead atoms. The molecule has 3 heterocycles. The van der Waals surface area contributed by atoms with Crippen molar-refractivity contribution < 1.29 is 9.59 Å². The molecule has 1 saturated heterocycles. The SMILES string of the molecule is C[C@@H](C(N)=O)N(C)Cc1c(C(=O)N2CCCCCCC2)nc2ccc(Cl)cn12. The van der Waals surface area contributed by atoms with Crippen LogP contribution < -0.4 is 5.73 Å². The highest BCUT2D eigenvalue weighted by Gasteiger charge is 2.26. The molecule has 28 heavy (non-hydrogen) atoms. The van der Waals surface area contributed by atoms with Crippen LogP contribution in [0.5, 0.6) is 0 Å². The molecule has 0 aliphatic carbocycles. The minimum absolute atomic E-state index is 0.0585. The van der Waals surface area contributed by atoms with E-state index >= 15 is 0 Å². The van der Waals surface area contributed by atoms with Crippen LogP contribution in [0.15, 0.2) is 18.3 Å². The van der Waals surface area contributed by atoms with Gasteiger partial charge in [-0.05, 0) is 38.9 Å². The summed E-state index contributed by atoms with van der Waals surface area (Å²) in [5.41, 5.74) is 7.26. The number of nitrogens with two attached hydrogens (primary N) is 1. The number of pyridine rings is 1. The fraction of sp³-hybridized carbons (Fsp3) is 0.550. The molecular formula is C20H28ClN5O2. The van der Waals surface area contributed by atoms with E-state index in [0.29, 0.717) is 22.9 Å². The van der Waals surface area contributed by atoms with Crippen LogP contribution in [-0.2, 0) is 11.3 Å². The van der Waals surface area contributed by atoms with Gasteiger partial charge in [-0.2, -0.15) is 0 Å². The molecule has 2 aromatic rings. The quantitative estimate of drug-likeness (QED) is 0.828. The fourth-order valence-electron chi connectivity index (χ4n) is 3.58. The first kappa shape index (κ1) is 20.6. The number of halogens is 1. The van der Waals surface area contributed by atoms with Crippen LogP contribution in [-0.4, -0.2) is 57.2 Å². The standard InChI is InChI=1S/C20H28ClN5O2/c1-14(19(22)27)24(2)13-16-18(23-17-9-8-15(21)12-26(16)17)20(28)25-10-6-4-3-5-7-11-25/h8-9,12,14H,3-7,10-11,13H2,1-2H3,(H2,22,27)/t14-/m0/s1. The summed E-state index contributed by atoms with van der Waals surface area (Å²) in [6.07, 6.45) is 7.31. The molecule has 1 aliphatic rings. The number of amides is 2. The molecule has 2 amide bonds. The number of hydrogen-bond acceptors (Lipinski definition) is 4. The molecule has 3 rings (SSSR count). The van der Waals surface area contributed by atoms with E-state index in [9.17, 15) is 9.59 Å². The highest BCUT2D eigenvalue weighted by atomic mass is 35.5. The van der Waals surface area contributed by atoms with E-state index < -0.39 is 11.9 Å². The maximum atomic E-state index is 13.3. The van der Waals surface area contributed by atoms with Crippen LogP contribution in [0.4, 0.5) is 0 Å². The van der Waals surface area contributed by atoms with E-state index in [1.807, 2.05) is 21.2 Å². The van der Waals surface area contributed by atoms with Crippen molar-refractivity contribution in [2.45, 2.75) is 51.6 Å². The van der Waals surface area contributed by atoms with Crippen LogP contribution in [0.25, 0.3) is 5.65 Å². The number of primary amides is 1. The minimum atomic E-state index is -0.464. The van der Waals surface area contributed by atoms with E-state index in [4.69, 9.17) is 17.3 Å². The van der Waals surface area contributed by atoms with Gasteiger partial charge in [-0.1, -0.05) is 30.9 Å². The van der Waals surface area contributed by atoms with Crippen molar-refractivity contribution in [2.75, 3.05) is 20.1 Å². The summed E-state index contributed by atoms with van der Waals surface area (Å²) in [5, 5.41) is 0.557. The van der Waals surface area contributed by atoms with Crippen molar-refractivity contribution in [3.63, 3.8) is 0 Å². The van der Waals surface area contributed by atoms with E-state index in [1.165, 1.54) is 6.42 Å². The Kier molecular flexibility index (Phi) is 6.57. The number of imidazole rings is 1. The van der Waals surface area contributed by atoms with Crippen LogP contribution in [0, 0.1) is 0 Å². The smallest absolute Gasteiger partial charge is 0.274 e. The number of carbonyl (C=O) groups is 2. The Morgan fingerprint density at radius 1 is 1.21 bits per heavy atom. The lowest BCUT2D eigenvalue weighted by atomic mass is 10.1. The largest absolute Gasteiger partial charge is 0.368 e. The van der Waals surface area contributed by atoms with Gasteiger partial charge in [-0.3, -0.25) is 14.5 Å². The summed E-state index contributed by atoms with van der Waals surface area (Å²) >= 11 is 6.19. The maximum absolute atomic E-state index is 13.3. The first-order valence-corrected chi connectivity index (χ1v) is 10.2. The topological polar surface area (TPSA) is 83.9 Å². The Morgan fingerprint density at radius 3 is 2.50 bits per heavy atom. The molecule has 0 unspecified atom stereocenters. The number of fused-ring (bicyclic) bond motifs is 1. The molecule has 1 aliphatic heterocycles. The fourth-order valence-corrected chi connectivity index (χ4v) is 3.74. The van der Waals surface area contributed by atoms with Gasteiger partial charge in [0.15, 0.2) is 5.69 Å². The minimum Gasteiger partial charge on any atom is -0.368 e. The molecule has 0 aromatic carbocycles. The first-order valence-electron chi connectivity index (χ1n) is 9.84.